The van der Waals surface area contributed by atoms with Crippen molar-refractivity contribution in [1.29, 1.82) is 15.8 Å². The molecule has 12 rings (SSSR count). The zero-order valence-corrected chi connectivity index (χ0v) is 43.0. The number of Topliss-reactive ketones (excluding diaryl/α,β-unsaturated/α-hetero) is 1. The maximum Gasteiger partial charge on any atom is 0.176 e. The first-order valence-electron chi connectivity index (χ1n) is 25.2. The number of hydrogen-bond donors (Lipinski definition) is 0. The Morgan fingerprint density at radius 2 is 0.792 bits per heavy atom. The average molecular weight is 995 g/mol. The number of nitrogens with zero attached hydrogens (tertiary/aromatic N) is 6. The van der Waals surface area contributed by atoms with Crippen molar-refractivity contribution < 1.29 is 9.59 Å². The third-order valence-electron chi connectivity index (χ3n) is 14.0. The van der Waals surface area contributed by atoms with Gasteiger partial charge in [0, 0.05) is 60.7 Å². The summed E-state index contributed by atoms with van der Waals surface area (Å²) in [4.78, 5) is 27.3. The van der Waals surface area contributed by atoms with E-state index < -0.39 is 0 Å². The van der Waals surface area contributed by atoms with Gasteiger partial charge in [0.25, 0.3) is 0 Å². The zero-order chi connectivity index (χ0) is 53.6. The van der Waals surface area contributed by atoms with E-state index in [4.69, 9.17) is 10.2 Å². The number of pyridine rings is 1. The van der Waals surface area contributed by atoms with Gasteiger partial charge >= 0.3 is 0 Å². The second kappa shape index (κ2) is 21.9. The van der Waals surface area contributed by atoms with Crippen LogP contribution < -0.4 is 0 Å². The molecule has 8 heteroatoms. The summed E-state index contributed by atoms with van der Waals surface area (Å²) in [5.41, 5.74) is 17.3. The maximum atomic E-state index is 11.3. The molecule has 0 N–H and O–H groups in total. The molecule has 0 unspecified atom stereocenters. The topological polar surface area (TPSA) is 128 Å². The van der Waals surface area contributed by atoms with E-state index in [2.05, 4.69) is 156 Å². The number of ketones is 1. The highest BCUT2D eigenvalue weighted by molar-refractivity contribution is 6.10. The summed E-state index contributed by atoms with van der Waals surface area (Å²) in [6, 6.07) is 77.3. The summed E-state index contributed by atoms with van der Waals surface area (Å²) >= 11 is 0. The summed E-state index contributed by atoms with van der Waals surface area (Å²) in [7, 11) is 0. The fourth-order valence-electron chi connectivity index (χ4n) is 10.6. The van der Waals surface area contributed by atoms with Gasteiger partial charge in [-0.3, -0.25) is 9.59 Å². The molecule has 368 valence electrons. The molecule has 12 aromatic rings. The number of nitriles is 3. The Kier molecular flexibility index (Phi) is 14.3. The average Bonchev–Trinajstić information content (AvgIpc) is 4.01. The fraction of sp³-hybridized carbons (Fsp3) is 0.0725. The molecule has 0 aliphatic rings. The summed E-state index contributed by atoms with van der Waals surface area (Å²) in [6.07, 6.45) is 0.907. The van der Waals surface area contributed by atoms with E-state index in [1.165, 1.54) is 32.6 Å². The molecule has 77 heavy (non-hydrogen) atoms. The summed E-state index contributed by atoms with van der Waals surface area (Å²) in [5.74, 6) is -0.117. The Bertz CT molecular complexity index is 4130. The number of aldehydes is 1. The van der Waals surface area contributed by atoms with Crippen LogP contribution in [-0.2, 0) is 0 Å². The molecule has 9 aromatic carbocycles. The van der Waals surface area contributed by atoms with Crippen molar-refractivity contribution in [2.24, 2.45) is 0 Å². The van der Waals surface area contributed by atoms with E-state index in [0.29, 0.717) is 33.6 Å². The quantitative estimate of drug-likeness (QED) is 0.110. The molecule has 0 amide bonds. The van der Waals surface area contributed by atoms with Gasteiger partial charge in [-0.05, 0) is 104 Å². The van der Waals surface area contributed by atoms with Crippen LogP contribution in [-0.4, -0.2) is 26.2 Å². The van der Waals surface area contributed by atoms with Crippen LogP contribution in [0.3, 0.4) is 0 Å². The van der Waals surface area contributed by atoms with Crippen molar-refractivity contribution in [2.75, 3.05) is 0 Å². The molecule has 0 aliphatic carbocycles. The predicted molar refractivity (Wildman–Crippen MR) is 310 cm³/mol. The molecule has 3 heterocycles. The molecule has 0 aliphatic heterocycles. The molecule has 3 aromatic heterocycles. The van der Waals surface area contributed by atoms with Crippen molar-refractivity contribution in [3.8, 4) is 63.2 Å². The number of benzene rings is 9. The van der Waals surface area contributed by atoms with Crippen molar-refractivity contribution in [3.05, 3.63) is 257 Å². The van der Waals surface area contributed by atoms with Crippen LogP contribution in [0.4, 0.5) is 0 Å². The number of rotatable bonds is 8. The van der Waals surface area contributed by atoms with Crippen LogP contribution in [0.2, 0.25) is 0 Å². The minimum Gasteiger partial charge on any atom is -0.309 e. The molecule has 0 atom stereocenters. The van der Waals surface area contributed by atoms with E-state index >= 15 is 0 Å². The minimum absolute atomic E-state index is 0.0377. The van der Waals surface area contributed by atoms with Gasteiger partial charge in [0.2, 0.25) is 0 Å². The zero-order valence-electron chi connectivity index (χ0n) is 43.0. The number of aromatic nitrogens is 3. The van der Waals surface area contributed by atoms with E-state index in [1.54, 1.807) is 24.3 Å². The first-order chi connectivity index (χ1) is 37.6. The van der Waals surface area contributed by atoms with Gasteiger partial charge in [-0.2, -0.15) is 15.8 Å². The predicted octanol–water partition coefficient (Wildman–Crippen LogP) is 16.5. The number of fused-ring (bicyclic) bond motifs is 6. The molecular formula is C69H50N6O2. The first-order valence-corrected chi connectivity index (χ1v) is 25.2. The second-order valence-corrected chi connectivity index (χ2v) is 18.8. The first kappa shape index (κ1) is 50.1. The Hall–Kier alpha value is -10.5. The highest BCUT2D eigenvalue weighted by Gasteiger charge is 2.26. The Morgan fingerprint density at radius 1 is 0.455 bits per heavy atom. The number of aryl methyl sites for hydroxylation is 4. The van der Waals surface area contributed by atoms with E-state index in [9.17, 15) is 20.1 Å². The van der Waals surface area contributed by atoms with Gasteiger partial charge in [-0.1, -0.05) is 164 Å². The third kappa shape index (κ3) is 9.54. The van der Waals surface area contributed by atoms with E-state index in [1.807, 2.05) is 86.6 Å². The summed E-state index contributed by atoms with van der Waals surface area (Å²) in [5, 5.41) is 34.4. The molecule has 0 bridgehead atoms. The van der Waals surface area contributed by atoms with Crippen molar-refractivity contribution in [1.82, 2.24) is 14.1 Å². The Balaban J connectivity index is 0.000000163. The number of carbonyl (C=O) groups is 2. The van der Waals surface area contributed by atoms with Gasteiger partial charge in [-0.25, -0.2) is 4.98 Å². The van der Waals surface area contributed by atoms with Gasteiger partial charge in [-0.15, -0.1) is 0 Å². The third-order valence-corrected chi connectivity index (χ3v) is 14.0. The summed E-state index contributed by atoms with van der Waals surface area (Å²) < 4.78 is 4.57. The normalized spacial score (nSPS) is 10.7. The molecular weight excluding hydrogens is 945 g/mol. The second-order valence-electron chi connectivity index (χ2n) is 18.8. The lowest BCUT2D eigenvalue weighted by atomic mass is 9.85. The molecule has 8 nitrogen and oxygen atoms in total. The van der Waals surface area contributed by atoms with Crippen molar-refractivity contribution in [3.63, 3.8) is 0 Å². The number of hydrogen-bond acceptors (Lipinski definition) is 6. The molecule has 0 saturated heterocycles. The number of carbonyl (C=O) groups excluding carboxylic acids is 2. The fourth-order valence-corrected chi connectivity index (χ4v) is 10.6. The highest BCUT2D eigenvalue weighted by atomic mass is 16.1. The smallest absolute Gasteiger partial charge is 0.176 e. The number of para-hydroxylation sites is 4. The lowest BCUT2D eigenvalue weighted by Crippen LogP contribution is -2.05. The van der Waals surface area contributed by atoms with Crippen LogP contribution in [0.25, 0.3) is 88.6 Å². The monoisotopic (exact) mass is 994 g/mol. The van der Waals surface area contributed by atoms with Crippen LogP contribution in [0.1, 0.15) is 60.5 Å². The Morgan fingerprint density at radius 3 is 1.14 bits per heavy atom. The van der Waals surface area contributed by atoms with Gasteiger partial charge < -0.3 is 9.13 Å². The van der Waals surface area contributed by atoms with Crippen molar-refractivity contribution >= 4 is 55.7 Å². The Labute approximate surface area is 447 Å². The van der Waals surface area contributed by atoms with Crippen LogP contribution in [0.15, 0.2) is 212 Å². The van der Waals surface area contributed by atoms with Crippen molar-refractivity contribution in [2.45, 2.75) is 34.1 Å². The van der Waals surface area contributed by atoms with Crippen LogP contribution in [0.5, 0.6) is 0 Å². The lowest BCUT2D eigenvalue weighted by molar-refractivity contribution is 0.0997. The standard InChI is InChI=1S/C39H26N4.C21H17NO.C9H7NO/c1-25-21-29(43-34-19-11-9-17-30(34)31-18-10-12-20-35(31)43)22-26(2)36(25)37-32(23-40)38(27-13-5-3-6-14-27)42-39(33(37)24-41)28-15-7-4-8-16-28;1-14-11-16(12-15(2)19(14)13-23)22-20-9-5-3-7-17(20)18-8-4-6-10-21(18)22;10-7-6-9(11)8-4-2-1-3-5-8/h3-22H,1-2H3;3-13H,1-2H3;1-5H,6H2. The van der Waals surface area contributed by atoms with E-state index in [-0.39, 0.29) is 12.2 Å². The van der Waals surface area contributed by atoms with Crippen LogP contribution in [0, 0.1) is 61.7 Å². The van der Waals surface area contributed by atoms with E-state index in [0.717, 1.165) is 73.2 Å². The van der Waals surface area contributed by atoms with Gasteiger partial charge in [0.15, 0.2) is 12.1 Å². The molecule has 0 spiro atoms. The highest BCUT2D eigenvalue weighted by Crippen LogP contribution is 2.43. The largest absolute Gasteiger partial charge is 0.309 e. The minimum atomic E-state index is -0.117. The molecule has 0 radical (unpaired) electrons. The maximum absolute atomic E-state index is 11.3. The molecule has 0 saturated carbocycles. The SMILES string of the molecule is Cc1cc(-n2c3ccccc3c3ccccc32)cc(C)c1-c1c(C#N)c(-c2ccccc2)nc(-c2ccccc2)c1C#N.Cc1cc(-n2c3ccccc3c3ccccc32)cc(C)c1C=O.N#CCC(=O)c1ccccc1. The lowest BCUT2D eigenvalue weighted by Gasteiger charge is -2.20. The van der Waals surface area contributed by atoms with Crippen LogP contribution >= 0.6 is 0 Å². The summed E-state index contributed by atoms with van der Waals surface area (Å²) in [6.45, 7) is 8.11. The molecule has 0 fully saturated rings. The van der Waals surface area contributed by atoms with Gasteiger partial charge in [0.05, 0.1) is 57.1 Å². The van der Waals surface area contributed by atoms with Gasteiger partial charge in [0.1, 0.15) is 12.1 Å².